The molecule has 9 heteroatoms. The van der Waals surface area contributed by atoms with Crippen molar-refractivity contribution in [3.8, 4) is 0 Å². The van der Waals surface area contributed by atoms with Crippen LogP contribution >= 0.6 is 0 Å². The minimum atomic E-state index is -4.63. The van der Waals surface area contributed by atoms with E-state index in [9.17, 15) is 26.7 Å². The van der Waals surface area contributed by atoms with E-state index >= 15 is 0 Å². The third-order valence-corrected chi connectivity index (χ3v) is 3.17. The number of ketones is 1. The van der Waals surface area contributed by atoms with E-state index < -0.39 is 34.4 Å². The van der Waals surface area contributed by atoms with Crippen molar-refractivity contribution in [2.24, 2.45) is 0 Å². The van der Waals surface area contributed by atoms with E-state index in [1.807, 2.05) is 0 Å². The third kappa shape index (κ3) is 3.56. The molecule has 0 aliphatic rings. The Kier molecular flexibility index (Phi) is 4.24. The summed E-state index contributed by atoms with van der Waals surface area (Å²) in [6.45, 7) is 0. The Morgan fingerprint density at radius 2 is 2.05 bits per heavy atom. The first kappa shape index (κ1) is 15.4. The van der Waals surface area contributed by atoms with E-state index in [0.29, 0.717) is 12.1 Å². The van der Waals surface area contributed by atoms with E-state index in [4.69, 9.17) is 0 Å². The number of carbonyl (C=O) groups is 1. The number of aromatic nitrogens is 1. The summed E-state index contributed by atoms with van der Waals surface area (Å²) in [6, 6.07) is 3.52. The number of hydrogen-bond donors (Lipinski definition) is 0. The van der Waals surface area contributed by atoms with Crippen molar-refractivity contribution in [1.82, 2.24) is 5.16 Å². The highest BCUT2D eigenvalue weighted by Crippen LogP contribution is 2.31. The van der Waals surface area contributed by atoms with Gasteiger partial charge >= 0.3 is 6.18 Å². The average molecular weight is 318 g/mol. The van der Waals surface area contributed by atoms with Gasteiger partial charge in [-0.2, -0.15) is 13.2 Å². The number of alkyl halides is 3. The fourth-order valence-corrected chi connectivity index (χ4v) is 2.20. The van der Waals surface area contributed by atoms with Gasteiger partial charge in [-0.15, -0.1) is 0 Å². The maximum Gasteiger partial charge on any atom is 0.416 e. The Morgan fingerprint density at radius 3 is 2.57 bits per heavy atom. The minimum Gasteiger partial charge on any atom is -0.772 e. The number of rotatable bonds is 4. The lowest BCUT2D eigenvalue weighted by molar-refractivity contribution is -0.137. The fraction of sp³-hybridized carbons (Fsp3) is 0.167. The van der Waals surface area contributed by atoms with Crippen LogP contribution < -0.4 is 0 Å². The normalized spacial score (nSPS) is 13.1. The maximum atomic E-state index is 12.6. The van der Waals surface area contributed by atoms with Gasteiger partial charge < -0.3 is 9.08 Å². The molecule has 0 fully saturated rings. The van der Waals surface area contributed by atoms with Crippen molar-refractivity contribution in [3.63, 3.8) is 0 Å². The second kappa shape index (κ2) is 5.78. The van der Waals surface area contributed by atoms with Crippen LogP contribution in [-0.4, -0.2) is 19.7 Å². The Labute approximate surface area is 119 Å². The minimum absolute atomic E-state index is 0.118. The summed E-state index contributed by atoms with van der Waals surface area (Å²) in [7, 11) is 0. The van der Waals surface area contributed by atoms with Gasteiger partial charge in [0.05, 0.1) is 5.56 Å². The second-order valence-corrected chi connectivity index (χ2v) is 4.93. The van der Waals surface area contributed by atoms with Crippen LogP contribution in [0.4, 0.5) is 13.2 Å². The molecule has 0 radical (unpaired) electrons. The van der Waals surface area contributed by atoms with Crippen molar-refractivity contribution in [3.05, 3.63) is 52.9 Å². The molecule has 0 N–H and O–H groups in total. The molecular weight excluding hydrogens is 311 g/mol. The summed E-state index contributed by atoms with van der Waals surface area (Å²) in [5.41, 5.74) is -1.56. The zero-order chi connectivity index (χ0) is 15.6. The van der Waals surface area contributed by atoms with Crippen LogP contribution in [0.3, 0.4) is 0 Å². The van der Waals surface area contributed by atoms with E-state index in [1.54, 1.807) is 0 Å². The lowest BCUT2D eigenvalue weighted by Gasteiger charge is -2.13. The highest BCUT2D eigenvalue weighted by atomic mass is 32.2. The predicted octanol–water partition coefficient (Wildman–Crippen LogP) is 2.30. The Balaban J connectivity index is 2.50. The van der Waals surface area contributed by atoms with E-state index in [1.165, 1.54) is 6.07 Å². The van der Waals surface area contributed by atoms with Crippen LogP contribution in [0.15, 0.2) is 35.1 Å². The molecular formula is C12H7F3NO4S-. The van der Waals surface area contributed by atoms with Gasteiger partial charge in [-0.05, 0) is 17.7 Å². The van der Waals surface area contributed by atoms with Crippen LogP contribution in [0.25, 0.3) is 0 Å². The molecule has 0 spiro atoms. The summed E-state index contributed by atoms with van der Waals surface area (Å²) >= 11 is -2.64. The summed E-state index contributed by atoms with van der Waals surface area (Å²) in [4.78, 5) is 12.1. The molecule has 1 atom stereocenters. The van der Waals surface area contributed by atoms with Crippen LogP contribution in [0, 0.1) is 0 Å². The predicted molar refractivity (Wildman–Crippen MR) is 64.0 cm³/mol. The van der Waals surface area contributed by atoms with Gasteiger partial charge in [-0.1, -0.05) is 22.3 Å². The van der Waals surface area contributed by atoms with Gasteiger partial charge in [0, 0.05) is 17.4 Å². The summed E-state index contributed by atoms with van der Waals surface area (Å²) in [5.74, 6) is -1.42. The fourth-order valence-electron chi connectivity index (χ4n) is 1.71. The van der Waals surface area contributed by atoms with Crippen LogP contribution in [-0.2, 0) is 23.0 Å². The monoisotopic (exact) mass is 318 g/mol. The molecule has 0 aliphatic heterocycles. The van der Waals surface area contributed by atoms with Gasteiger partial charge in [-0.3, -0.25) is 9.00 Å². The molecule has 1 unspecified atom stereocenters. The lowest BCUT2D eigenvalue weighted by atomic mass is 10.00. The number of nitrogens with zero attached hydrogens (tertiary/aromatic N) is 1. The van der Waals surface area contributed by atoms with E-state index in [0.717, 1.165) is 12.3 Å². The zero-order valence-electron chi connectivity index (χ0n) is 10.2. The summed E-state index contributed by atoms with van der Waals surface area (Å²) in [6.07, 6.45) is -3.50. The largest absolute Gasteiger partial charge is 0.772 e. The Morgan fingerprint density at radius 1 is 1.33 bits per heavy atom. The number of halogens is 3. The third-order valence-electron chi connectivity index (χ3n) is 2.62. The molecule has 0 bridgehead atoms. The molecule has 21 heavy (non-hydrogen) atoms. The van der Waals surface area contributed by atoms with Gasteiger partial charge in [-0.25, -0.2) is 0 Å². The first-order chi connectivity index (χ1) is 9.79. The maximum absolute atomic E-state index is 12.6. The zero-order valence-corrected chi connectivity index (χ0v) is 11.0. The van der Waals surface area contributed by atoms with Crippen molar-refractivity contribution < 1.29 is 31.3 Å². The van der Waals surface area contributed by atoms with Crippen molar-refractivity contribution >= 4 is 16.9 Å². The molecule has 1 heterocycles. The van der Waals surface area contributed by atoms with Gasteiger partial charge in [0.25, 0.3) is 0 Å². The Bertz CT molecular complexity index is 682. The molecule has 112 valence electrons. The number of hydrogen-bond acceptors (Lipinski definition) is 5. The standard InChI is InChI=1S/C12H8F3NO4S/c13-12(14,15)8-1-2-9(7(5-8)6-21(18)19)11(17)10-3-4-20-16-10/h1-5H,6H2,(H,18,19)/p-1. The molecule has 2 aromatic rings. The number of benzene rings is 1. The van der Waals surface area contributed by atoms with Crippen LogP contribution in [0.5, 0.6) is 0 Å². The SMILES string of the molecule is O=C(c1ccon1)c1ccc(C(F)(F)F)cc1CS(=O)[O-]. The molecule has 0 amide bonds. The highest BCUT2D eigenvalue weighted by molar-refractivity contribution is 7.78. The van der Waals surface area contributed by atoms with Crippen molar-refractivity contribution in [2.45, 2.75) is 11.9 Å². The van der Waals surface area contributed by atoms with E-state index in [-0.39, 0.29) is 16.8 Å². The smallest absolute Gasteiger partial charge is 0.416 e. The quantitative estimate of drug-likeness (QED) is 0.638. The van der Waals surface area contributed by atoms with Gasteiger partial charge in [0.1, 0.15) is 6.26 Å². The highest BCUT2D eigenvalue weighted by Gasteiger charge is 2.31. The van der Waals surface area contributed by atoms with Crippen LogP contribution in [0.2, 0.25) is 0 Å². The summed E-state index contributed by atoms with van der Waals surface area (Å²) < 4.78 is 63.9. The molecule has 5 nitrogen and oxygen atoms in total. The summed E-state index contributed by atoms with van der Waals surface area (Å²) in [5, 5.41) is 3.38. The first-order valence-corrected chi connectivity index (χ1v) is 6.74. The first-order valence-electron chi connectivity index (χ1n) is 5.50. The second-order valence-electron chi connectivity index (χ2n) is 4.03. The molecule has 0 aliphatic carbocycles. The molecule has 0 saturated heterocycles. The molecule has 0 saturated carbocycles. The topological polar surface area (TPSA) is 83.2 Å². The molecule has 2 rings (SSSR count). The lowest BCUT2D eigenvalue weighted by Crippen LogP contribution is -2.12. The van der Waals surface area contributed by atoms with Gasteiger partial charge in [0.15, 0.2) is 5.69 Å². The average Bonchev–Trinajstić information content (AvgIpc) is 2.90. The van der Waals surface area contributed by atoms with Crippen molar-refractivity contribution in [1.29, 1.82) is 0 Å². The molecule has 1 aromatic carbocycles. The van der Waals surface area contributed by atoms with Crippen molar-refractivity contribution in [2.75, 3.05) is 0 Å². The van der Waals surface area contributed by atoms with Gasteiger partial charge in [0.2, 0.25) is 5.78 Å². The van der Waals surface area contributed by atoms with E-state index in [2.05, 4.69) is 9.68 Å². The Hall–Kier alpha value is -2.00. The number of carbonyl (C=O) groups excluding carboxylic acids is 1. The molecule has 1 aromatic heterocycles. The van der Waals surface area contributed by atoms with Crippen LogP contribution in [0.1, 0.15) is 27.2 Å².